The molecule has 1 unspecified atom stereocenters. The van der Waals surface area contributed by atoms with E-state index < -0.39 is 5.92 Å². The maximum absolute atomic E-state index is 12.5. The lowest BCUT2D eigenvalue weighted by atomic mass is 9.83. The van der Waals surface area contributed by atoms with E-state index in [9.17, 15) is 9.59 Å². The summed E-state index contributed by atoms with van der Waals surface area (Å²) in [6.07, 6.45) is 3.35. The Morgan fingerprint density at radius 1 is 1.21 bits per heavy atom. The van der Waals surface area contributed by atoms with Gasteiger partial charge < -0.3 is 4.90 Å². The second kappa shape index (κ2) is 5.39. The molecule has 0 spiro atoms. The summed E-state index contributed by atoms with van der Waals surface area (Å²) in [4.78, 5) is 26.3. The predicted molar refractivity (Wildman–Crippen MR) is 75.9 cm³/mol. The first-order valence-corrected chi connectivity index (χ1v) is 6.70. The first kappa shape index (κ1) is 13.5. The zero-order chi connectivity index (χ0) is 14.0. The summed E-state index contributed by atoms with van der Waals surface area (Å²) in [7, 11) is 0. The fourth-order valence-electron chi connectivity index (χ4n) is 2.57. The molecule has 1 atom stereocenters. The number of carbonyl (C=O) groups is 2. The number of allylic oxidation sites excluding steroid dienone is 1. The molecule has 0 bridgehead atoms. The smallest absolute Gasteiger partial charge is 0.238 e. The molecule has 1 aliphatic carbocycles. The lowest BCUT2D eigenvalue weighted by molar-refractivity contribution is -0.136. The van der Waals surface area contributed by atoms with E-state index in [1.165, 1.54) is 6.08 Å². The van der Waals surface area contributed by atoms with Gasteiger partial charge in [0.05, 0.1) is 0 Å². The maximum Gasteiger partial charge on any atom is 0.238 e. The van der Waals surface area contributed by atoms with E-state index in [4.69, 9.17) is 0 Å². The zero-order valence-corrected chi connectivity index (χ0v) is 11.6. The van der Waals surface area contributed by atoms with Crippen molar-refractivity contribution in [1.29, 1.82) is 0 Å². The molecule has 0 saturated heterocycles. The van der Waals surface area contributed by atoms with Gasteiger partial charge in [0, 0.05) is 13.1 Å². The molecular weight excluding hydrogens is 238 g/mol. The minimum Gasteiger partial charge on any atom is -0.342 e. The summed E-state index contributed by atoms with van der Waals surface area (Å²) in [6, 6.07) is 5.79. The lowest BCUT2D eigenvalue weighted by Gasteiger charge is -2.27. The van der Waals surface area contributed by atoms with Crippen LogP contribution in [0.25, 0.3) is 6.08 Å². The molecular formula is C16H19NO2. The zero-order valence-electron chi connectivity index (χ0n) is 11.6. The van der Waals surface area contributed by atoms with Crippen molar-refractivity contribution in [3.8, 4) is 0 Å². The maximum atomic E-state index is 12.5. The Labute approximate surface area is 113 Å². The Morgan fingerprint density at radius 2 is 1.89 bits per heavy atom. The van der Waals surface area contributed by atoms with Crippen molar-refractivity contribution < 1.29 is 9.59 Å². The van der Waals surface area contributed by atoms with Crippen LogP contribution in [0.3, 0.4) is 0 Å². The number of fused-ring (bicyclic) bond motifs is 1. The normalized spacial score (nSPS) is 17.2. The fraction of sp³-hybridized carbons (Fsp3) is 0.375. The molecule has 1 aliphatic rings. The molecule has 0 aromatic heterocycles. The molecule has 0 N–H and O–H groups in total. The second-order valence-corrected chi connectivity index (χ2v) is 4.76. The topological polar surface area (TPSA) is 37.4 Å². The first-order chi connectivity index (χ1) is 9.10. The van der Waals surface area contributed by atoms with Gasteiger partial charge in [0.1, 0.15) is 5.92 Å². The fourth-order valence-corrected chi connectivity index (χ4v) is 2.57. The van der Waals surface area contributed by atoms with Crippen LogP contribution in [0.1, 0.15) is 36.5 Å². The van der Waals surface area contributed by atoms with Crippen LogP contribution in [-0.4, -0.2) is 29.7 Å². The Morgan fingerprint density at radius 3 is 2.53 bits per heavy atom. The molecule has 0 saturated carbocycles. The molecule has 1 aromatic rings. The number of hydrogen-bond donors (Lipinski definition) is 0. The average Bonchev–Trinajstić information content (AvgIpc) is 2.40. The largest absolute Gasteiger partial charge is 0.342 e. The van der Waals surface area contributed by atoms with Gasteiger partial charge in [-0.25, -0.2) is 0 Å². The van der Waals surface area contributed by atoms with E-state index >= 15 is 0 Å². The first-order valence-electron chi connectivity index (χ1n) is 6.70. The molecule has 2 rings (SSSR count). The monoisotopic (exact) mass is 257 g/mol. The second-order valence-electron chi connectivity index (χ2n) is 4.76. The van der Waals surface area contributed by atoms with Crippen molar-refractivity contribution in [2.24, 2.45) is 0 Å². The summed E-state index contributed by atoms with van der Waals surface area (Å²) in [6.45, 7) is 7.12. The number of hydrogen-bond acceptors (Lipinski definition) is 2. The number of carbonyl (C=O) groups excluding carboxylic acids is 2. The van der Waals surface area contributed by atoms with Crippen molar-refractivity contribution in [2.45, 2.75) is 26.7 Å². The number of likely N-dealkylation sites (N-methyl/N-ethyl adjacent to an activating group) is 1. The highest BCUT2D eigenvalue weighted by molar-refractivity contribution is 6.15. The van der Waals surface area contributed by atoms with Gasteiger partial charge in [-0.05, 0) is 43.5 Å². The van der Waals surface area contributed by atoms with Gasteiger partial charge in [-0.15, -0.1) is 0 Å². The molecule has 1 aromatic carbocycles. The molecule has 1 amide bonds. The van der Waals surface area contributed by atoms with Crippen LogP contribution >= 0.6 is 0 Å². The summed E-state index contributed by atoms with van der Waals surface area (Å²) >= 11 is 0. The third kappa shape index (κ3) is 2.33. The van der Waals surface area contributed by atoms with Gasteiger partial charge in [0.25, 0.3) is 0 Å². The highest BCUT2D eigenvalue weighted by Crippen LogP contribution is 2.31. The van der Waals surface area contributed by atoms with Crippen molar-refractivity contribution >= 4 is 17.8 Å². The van der Waals surface area contributed by atoms with Crippen LogP contribution in [0, 0.1) is 6.92 Å². The summed E-state index contributed by atoms with van der Waals surface area (Å²) < 4.78 is 0. The predicted octanol–water partition coefficient (Wildman–Crippen LogP) is 2.54. The summed E-state index contributed by atoms with van der Waals surface area (Å²) in [5.41, 5.74) is 2.94. The third-order valence-corrected chi connectivity index (χ3v) is 3.69. The molecule has 0 heterocycles. The van der Waals surface area contributed by atoms with Crippen LogP contribution in [0.5, 0.6) is 0 Å². The van der Waals surface area contributed by atoms with Gasteiger partial charge in [-0.3, -0.25) is 9.59 Å². The van der Waals surface area contributed by atoms with Crippen LogP contribution in [-0.2, 0) is 9.59 Å². The number of aryl methyl sites for hydroxylation is 1. The van der Waals surface area contributed by atoms with E-state index in [0.717, 1.165) is 16.7 Å². The average molecular weight is 257 g/mol. The Bertz CT molecular complexity index is 542. The molecule has 3 nitrogen and oxygen atoms in total. The lowest BCUT2D eigenvalue weighted by Crippen LogP contribution is -2.38. The van der Waals surface area contributed by atoms with Gasteiger partial charge in [0.15, 0.2) is 5.78 Å². The van der Waals surface area contributed by atoms with Crippen molar-refractivity contribution in [3.05, 3.63) is 41.0 Å². The van der Waals surface area contributed by atoms with Crippen molar-refractivity contribution in [2.75, 3.05) is 13.1 Å². The third-order valence-electron chi connectivity index (χ3n) is 3.69. The van der Waals surface area contributed by atoms with Gasteiger partial charge in [0.2, 0.25) is 5.91 Å². The minimum absolute atomic E-state index is 0.0915. The molecule has 19 heavy (non-hydrogen) atoms. The van der Waals surface area contributed by atoms with Crippen LogP contribution < -0.4 is 0 Å². The van der Waals surface area contributed by atoms with Crippen LogP contribution in [0.2, 0.25) is 0 Å². The number of ketones is 1. The Kier molecular flexibility index (Phi) is 3.84. The number of amides is 1. The standard InChI is InChI=1S/C16H19NO2/c1-4-17(5-2)16(19)15-13-8-6-7-11(3)12(13)9-10-14(15)18/h6-10,15H,4-5H2,1-3H3. The molecule has 100 valence electrons. The van der Waals surface area contributed by atoms with Crippen LogP contribution in [0.15, 0.2) is 24.3 Å². The van der Waals surface area contributed by atoms with Gasteiger partial charge >= 0.3 is 0 Å². The Hall–Kier alpha value is -1.90. The van der Waals surface area contributed by atoms with E-state index in [1.54, 1.807) is 4.90 Å². The minimum atomic E-state index is -0.667. The van der Waals surface area contributed by atoms with Crippen molar-refractivity contribution in [3.63, 3.8) is 0 Å². The molecule has 0 radical (unpaired) electrons. The number of rotatable bonds is 3. The number of nitrogens with zero attached hydrogens (tertiary/aromatic N) is 1. The van der Waals surface area contributed by atoms with E-state index in [2.05, 4.69) is 0 Å². The van der Waals surface area contributed by atoms with Gasteiger partial charge in [-0.1, -0.05) is 24.3 Å². The highest BCUT2D eigenvalue weighted by atomic mass is 16.2. The van der Waals surface area contributed by atoms with E-state index in [-0.39, 0.29) is 11.7 Å². The van der Waals surface area contributed by atoms with Crippen molar-refractivity contribution in [1.82, 2.24) is 4.90 Å². The molecule has 0 fully saturated rings. The van der Waals surface area contributed by atoms with E-state index in [1.807, 2.05) is 45.0 Å². The quantitative estimate of drug-likeness (QED) is 0.780. The number of benzene rings is 1. The SMILES string of the molecule is CCN(CC)C(=O)C1C(=O)C=Cc2c(C)cccc21. The molecule has 0 aliphatic heterocycles. The van der Waals surface area contributed by atoms with Crippen LogP contribution in [0.4, 0.5) is 0 Å². The van der Waals surface area contributed by atoms with Gasteiger partial charge in [-0.2, -0.15) is 0 Å². The highest BCUT2D eigenvalue weighted by Gasteiger charge is 2.33. The molecule has 3 heteroatoms. The summed E-state index contributed by atoms with van der Waals surface area (Å²) in [5.74, 6) is -0.874. The van der Waals surface area contributed by atoms with E-state index in [0.29, 0.717) is 13.1 Å². The summed E-state index contributed by atoms with van der Waals surface area (Å²) in [5, 5.41) is 0. The Balaban J connectivity index is 2.47.